The average Bonchev–Trinajstić information content (AvgIpc) is 3.24. The summed E-state index contributed by atoms with van der Waals surface area (Å²) in [5, 5.41) is 44.5. The lowest BCUT2D eigenvalue weighted by Crippen LogP contribution is -2.31. The molecular weight excluding hydrogens is 733 g/mol. The molecule has 1 aliphatic heterocycles. The summed E-state index contributed by atoms with van der Waals surface area (Å²) in [5.41, 5.74) is 12.6. The predicted molar refractivity (Wildman–Crippen MR) is 241 cm³/mol. The highest BCUT2D eigenvalue weighted by molar-refractivity contribution is 6.02. The number of fused-ring (bicyclic) bond motifs is 6. The maximum atomic E-state index is 9.30. The van der Waals surface area contributed by atoms with E-state index < -0.39 is 0 Å². The van der Waals surface area contributed by atoms with Gasteiger partial charge in [-0.2, -0.15) is 5.26 Å². The molecule has 0 atom stereocenters. The fourth-order valence-electron chi connectivity index (χ4n) is 6.44. The highest BCUT2D eigenvalue weighted by Gasteiger charge is 2.21. The number of benzene rings is 7. The molecule has 0 fully saturated rings. The van der Waals surface area contributed by atoms with Crippen LogP contribution in [0.5, 0.6) is 28.7 Å². The number of ether oxygens (including phenoxy) is 1. The highest BCUT2D eigenvalue weighted by Crippen LogP contribution is 2.47. The van der Waals surface area contributed by atoms with E-state index in [0.29, 0.717) is 29.5 Å². The molecule has 0 bridgehead atoms. The third-order valence-electron chi connectivity index (χ3n) is 9.58. The molecule has 0 saturated heterocycles. The van der Waals surface area contributed by atoms with Gasteiger partial charge in [0, 0.05) is 17.8 Å². The van der Waals surface area contributed by atoms with E-state index in [4.69, 9.17) is 25.3 Å². The lowest BCUT2D eigenvalue weighted by Gasteiger charge is -2.30. The number of hydrogen-bond donors (Lipinski definition) is 4. The smallest absolute Gasteiger partial charge is 0.161 e. The Hall–Kier alpha value is -7.17. The van der Waals surface area contributed by atoms with Gasteiger partial charge in [-0.15, -0.1) is 0 Å². The molecule has 302 valence electrons. The van der Waals surface area contributed by atoms with Gasteiger partial charge < -0.3 is 30.1 Å². The zero-order chi connectivity index (χ0) is 41.4. The SMILES string of the molecule is C.CC.Cc1ccc(O)cc1C#N.Cc1ccc2c(c1)CN(c1ccccc1)CO2.Oc1ccc2c(c1)-c1ccccc1-2.Oc1cccc2c1CC2.Oc1ccccc1. The first-order chi connectivity index (χ1) is 28.2. The van der Waals surface area contributed by atoms with Crippen molar-refractivity contribution in [3.8, 4) is 57.1 Å². The minimum Gasteiger partial charge on any atom is -0.508 e. The first-order valence-electron chi connectivity index (χ1n) is 19.4. The van der Waals surface area contributed by atoms with E-state index in [2.05, 4.69) is 72.5 Å². The molecular formula is C52H54N2O5. The summed E-state index contributed by atoms with van der Waals surface area (Å²) in [7, 11) is 0. The minimum absolute atomic E-state index is 0. The molecule has 0 unspecified atom stereocenters. The number of rotatable bonds is 1. The topological polar surface area (TPSA) is 117 Å². The minimum atomic E-state index is 0. The highest BCUT2D eigenvalue weighted by atomic mass is 16.5. The van der Waals surface area contributed by atoms with Gasteiger partial charge in [-0.3, -0.25) is 0 Å². The van der Waals surface area contributed by atoms with E-state index in [1.807, 2.05) is 69.3 Å². The van der Waals surface area contributed by atoms with Crippen LogP contribution in [0.4, 0.5) is 5.69 Å². The second-order valence-electron chi connectivity index (χ2n) is 13.6. The van der Waals surface area contributed by atoms with Crippen molar-refractivity contribution in [1.29, 1.82) is 5.26 Å². The van der Waals surface area contributed by atoms with Crippen LogP contribution in [0.1, 0.15) is 54.7 Å². The van der Waals surface area contributed by atoms with E-state index in [9.17, 15) is 5.11 Å². The normalized spacial score (nSPS) is 11.3. The van der Waals surface area contributed by atoms with Crippen LogP contribution in [-0.2, 0) is 19.4 Å². The van der Waals surface area contributed by atoms with Crippen LogP contribution >= 0.6 is 0 Å². The van der Waals surface area contributed by atoms with Crippen molar-refractivity contribution in [2.45, 2.75) is 54.5 Å². The summed E-state index contributed by atoms with van der Waals surface area (Å²) in [6.45, 7) is 9.49. The van der Waals surface area contributed by atoms with Crippen molar-refractivity contribution in [1.82, 2.24) is 0 Å². The van der Waals surface area contributed by atoms with E-state index in [1.54, 1.807) is 48.5 Å². The zero-order valence-corrected chi connectivity index (χ0v) is 33.4. The third kappa shape index (κ3) is 11.9. The molecule has 0 aromatic heterocycles. The summed E-state index contributed by atoms with van der Waals surface area (Å²) in [6.07, 6.45) is 2.20. The molecule has 59 heavy (non-hydrogen) atoms. The Balaban J connectivity index is 0.000000166. The maximum absolute atomic E-state index is 9.30. The van der Waals surface area contributed by atoms with Crippen LogP contribution in [-0.4, -0.2) is 27.2 Å². The summed E-state index contributed by atoms with van der Waals surface area (Å²) >= 11 is 0. The lowest BCUT2D eigenvalue weighted by molar-refractivity contribution is 0.289. The van der Waals surface area contributed by atoms with Crippen molar-refractivity contribution in [3.05, 3.63) is 191 Å². The van der Waals surface area contributed by atoms with Crippen molar-refractivity contribution >= 4 is 5.69 Å². The van der Waals surface area contributed by atoms with Crippen molar-refractivity contribution in [2.75, 3.05) is 11.6 Å². The number of phenols is 4. The standard InChI is InChI=1S/C15H15NO.C12H8O.C8H7NO.C8H8O.C6H6O.C2H6.CH4/c1-12-7-8-15-13(9-12)10-16(11-17-15)14-5-3-2-4-6-14;13-8-5-6-11-9-3-1-2-4-10(9)12(11)7-8;1-6-2-3-8(10)4-7(6)5-9;9-8-3-1-2-6-4-5-7(6)8;7-6-4-2-1-3-5-6;1-2;/h2-9H,10-11H2,1H3;1-7,13H;2-4,10H,1H3;1-3,9H,4-5H2;1-5,7H;1-2H3;1H4. The quantitative estimate of drug-likeness (QED) is 0.131. The molecule has 7 nitrogen and oxygen atoms in total. The van der Waals surface area contributed by atoms with E-state index in [-0.39, 0.29) is 13.2 Å². The van der Waals surface area contributed by atoms with Gasteiger partial charge in [-0.25, -0.2) is 0 Å². The number of para-hydroxylation sites is 2. The van der Waals surface area contributed by atoms with Gasteiger partial charge in [0.25, 0.3) is 0 Å². The number of hydrogen-bond acceptors (Lipinski definition) is 7. The van der Waals surface area contributed by atoms with Gasteiger partial charge in [0.05, 0.1) is 11.6 Å². The molecule has 4 N–H and O–H groups in total. The first-order valence-corrected chi connectivity index (χ1v) is 19.4. The largest absolute Gasteiger partial charge is 0.508 e. The van der Waals surface area contributed by atoms with Gasteiger partial charge >= 0.3 is 0 Å². The Morgan fingerprint density at radius 2 is 1.17 bits per heavy atom. The molecule has 3 aliphatic rings. The third-order valence-corrected chi connectivity index (χ3v) is 9.58. The van der Waals surface area contributed by atoms with E-state index in [0.717, 1.165) is 41.8 Å². The monoisotopic (exact) mass is 786 g/mol. The average molecular weight is 787 g/mol. The molecule has 7 aromatic carbocycles. The van der Waals surface area contributed by atoms with Crippen LogP contribution in [0.15, 0.2) is 158 Å². The molecule has 0 amide bonds. The molecule has 0 saturated carbocycles. The number of anilines is 1. The summed E-state index contributed by atoms with van der Waals surface area (Å²) < 4.78 is 5.77. The van der Waals surface area contributed by atoms with Gasteiger partial charge in [-0.05, 0) is 126 Å². The molecule has 10 rings (SSSR count). The van der Waals surface area contributed by atoms with E-state index >= 15 is 0 Å². The molecule has 0 radical (unpaired) electrons. The summed E-state index contributed by atoms with van der Waals surface area (Å²) in [5.74, 6) is 2.29. The second-order valence-corrected chi connectivity index (χ2v) is 13.6. The molecule has 7 heteroatoms. The molecule has 7 aromatic rings. The number of nitriles is 1. The van der Waals surface area contributed by atoms with Gasteiger partial charge in [-0.1, -0.05) is 124 Å². The molecule has 2 aliphatic carbocycles. The number of nitrogens with zero attached hydrogens (tertiary/aromatic N) is 2. The Morgan fingerprint density at radius 3 is 1.75 bits per heavy atom. The van der Waals surface area contributed by atoms with Crippen molar-refractivity contribution in [3.63, 3.8) is 0 Å². The lowest BCUT2D eigenvalue weighted by atomic mass is 9.81. The Kier molecular flexibility index (Phi) is 16.6. The van der Waals surface area contributed by atoms with Crippen LogP contribution < -0.4 is 9.64 Å². The van der Waals surface area contributed by atoms with E-state index in [1.165, 1.54) is 45.1 Å². The van der Waals surface area contributed by atoms with Crippen LogP contribution in [0, 0.1) is 25.2 Å². The first kappa shape index (κ1) is 44.5. The maximum Gasteiger partial charge on any atom is 0.161 e. The van der Waals surface area contributed by atoms with Crippen molar-refractivity contribution in [2.24, 2.45) is 0 Å². The summed E-state index contributed by atoms with van der Waals surface area (Å²) in [6, 6.07) is 51.6. The number of phenolic OH excluding ortho intramolecular Hbond substituents is 4. The molecule has 1 heterocycles. The summed E-state index contributed by atoms with van der Waals surface area (Å²) in [4.78, 5) is 2.24. The zero-order valence-electron chi connectivity index (χ0n) is 33.4. The van der Waals surface area contributed by atoms with Crippen molar-refractivity contribution < 1.29 is 25.2 Å². The second kappa shape index (κ2) is 21.9. The van der Waals surface area contributed by atoms with Gasteiger partial charge in [0.15, 0.2) is 6.73 Å². The Bertz CT molecular complexity index is 2430. The van der Waals surface area contributed by atoms with Crippen LogP contribution in [0.25, 0.3) is 22.3 Å². The fraction of sp³-hybridized carbons (Fsp3) is 0.173. The predicted octanol–water partition coefficient (Wildman–Crippen LogP) is 12.5. The number of aryl methyl sites for hydroxylation is 3. The Morgan fingerprint density at radius 1 is 0.559 bits per heavy atom. The van der Waals surface area contributed by atoms with Crippen LogP contribution in [0.3, 0.4) is 0 Å². The van der Waals surface area contributed by atoms with Crippen LogP contribution in [0.2, 0.25) is 0 Å². The van der Waals surface area contributed by atoms with Gasteiger partial charge in [0.1, 0.15) is 28.7 Å². The Labute approximate surface area is 349 Å². The van der Waals surface area contributed by atoms with Gasteiger partial charge in [0.2, 0.25) is 0 Å². The molecule has 0 spiro atoms. The number of aromatic hydroxyl groups is 4. The fourth-order valence-corrected chi connectivity index (χ4v) is 6.44.